The van der Waals surface area contributed by atoms with Crippen LogP contribution in [0.15, 0.2) is 6.07 Å². The van der Waals surface area contributed by atoms with Gasteiger partial charge in [0.05, 0.1) is 5.60 Å². The van der Waals surface area contributed by atoms with Gasteiger partial charge in [0.25, 0.3) is 0 Å². The summed E-state index contributed by atoms with van der Waals surface area (Å²) in [4.78, 5) is 10.9. The molecular formula is C14H23N3O. The van der Waals surface area contributed by atoms with Crippen molar-refractivity contribution < 1.29 is 5.11 Å². The summed E-state index contributed by atoms with van der Waals surface area (Å²) in [5, 5.41) is 10.3. The van der Waals surface area contributed by atoms with Crippen LogP contribution in [0.1, 0.15) is 43.5 Å². The number of anilines is 1. The summed E-state index contributed by atoms with van der Waals surface area (Å²) >= 11 is 0. The minimum absolute atomic E-state index is 0.451. The predicted molar refractivity (Wildman–Crippen MR) is 72.8 cm³/mol. The minimum atomic E-state index is -0.451. The van der Waals surface area contributed by atoms with Gasteiger partial charge in [0, 0.05) is 25.0 Å². The molecule has 1 aliphatic carbocycles. The Morgan fingerprint density at radius 3 is 2.33 bits per heavy atom. The van der Waals surface area contributed by atoms with Gasteiger partial charge in [0.2, 0.25) is 5.95 Å². The normalized spacial score (nSPS) is 18.0. The predicted octanol–water partition coefficient (Wildman–Crippen LogP) is 2.22. The van der Waals surface area contributed by atoms with Gasteiger partial charge in [-0.3, -0.25) is 0 Å². The topological polar surface area (TPSA) is 49.2 Å². The summed E-state index contributed by atoms with van der Waals surface area (Å²) in [7, 11) is 1.99. The summed E-state index contributed by atoms with van der Waals surface area (Å²) in [5.41, 5.74) is 1.53. The highest BCUT2D eigenvalue weighted by atomic mass is 16.3. The van der Waals surface area contributed by atoms with Gasteiger partial charge in [0.1, 0.15) is 0 Å². The summed E-state index contributed by atoms with van der Waals surface area (Å²) in [5.74, 6) is 0.758. The van der Waals surface area contributed by atoms with E-state index in [4.69, 9.17) is 0 Å². The van der Waals surface area contributed by atoms with E-state index in [9.17, 15) is 5.11 Å². The second kappa shape index (κ2) is 5.22. The van der Waals surface area contributed by atoms with Crippen LogP contribution in [0, 0.1) is 13.8 Å². The van der Waals surface area contributed by atoms with Gasteiger partial charge in [-0.05, 0) is 39.2 Å². The van der Waals surface area contributed by atoms with Crippen molar-refractivity contribution in [2.24, 2.45) is 0 Å². The first kappa shape index (κ1) is 13.3. The Morgan fingerprint density at radius 1 is 1.22 bits per heavy atom. The van der Waals surface area contributed by atoms with Crippen molar-refractivity contribution in [2.75, 3.05) is 18.5 Å². The first-order chi connectivity index (χ1) is 8.48. The van der Waals surface area contributed by atoms with E-state index >= 15 is 0 Å². The molecule has 1 heterocycles. The van der Waals surface area contributed by atoms with Crippen molar-refractivity contribution in [3.05, 3.63) is 17.5 Å². The highest BCUT2D eigenvalue weighted by molar-refractivity contribution is 5.30. The van der Waals surface area contributed by atoms with Crippen molar-refractivity contribution in [3.8, 4) is 0 Å². The summed E-state index contributed by atoms with van der Waals surface area (Å²) in [6, 6.07) is 1.97. The molecule has 0 saturated heterocycles. The number of rotatable bonds is 4. The third kappa shape index (κ3) is 3.19. The molecule has 0 radical (unpaired) electrons. The van der Waals surface area contributed by atoms with E-state index in [1.54, 1.807) is 0 Å². The molecule has 0 bridgehead atoms. The van der Waals surface area contributed by atoms with Gasteiger partial charge >= 0.3 is 0 Å². The molecule has 18 heavy (non-hydrogen) atoms. The van der Waals surface area contributed by atoms with E-state index < -0.39 is 5.60 Å². The van der Waals surface area contributed by atoms with E-state index in [0.29, 0.717) is 0 Å². The van der Waals surface area contributed by atoms with Crippen LogP contribution in [-0.2, 0) is 0 Å². The fraction of sp³-hybridized carbons (Fsp3) is 0.714. The Kier molecular flexibility index (Phi) is 3.85. The van der Waals surface area contributed by atoms with Gasteiger partial charge in [-0.1, -0.05) is 12.8 Å². The van der Waals surface area contributed by atoms with Crippen molar-refractivity contribution in [2.45, 2.75) is 51.6 Å². The van der Waals surface area contributed by atoms with Crippen LogP contribution >= 0.6 is 0 Å². The van der Waals surface area contributed by atoms with Gasteiger partial charge in [-0.15, -0.1) is 0 Å². The molecule has 0 unspecified atom stereocenters. The fourth-order valence-electron chi connectivity index (χ4n) is 2.64. The lowest BCUT2D eigenvalue weighted by atomic mass is 9.98. The van der Waals surface area contributed by atoms with Gasteiger partial charge < -0.3 is 10.0 Å². The summed E-state index contributed by atoms with van der Waals surface area (Å²) < 4.78 is 0. The van der Waals surface area contributed by atoms with Crippen molar-refractivity contribution >= 4 is 5.95 Å². The number of hydrogen-bond donors (Lipinski definition) is 1. The Hall–Kier alpha value is -1.16. The summed E-state index contributed by atoms with van der Waals surface area (Å²) in [6.07, 6.45) is 4.99. The Balaban J connectivity index is 1.96. The number of hydrogen-bond acceptors (Lipinski definition) is 4. The lowest BCUT2D eigenvalue weighted by molar-refractivity contribution is 0.0410. The molecule has 0 aliphatic heterocycles. The number of aryl methyl sites for hydroxylation is 2. The first-order valence-electron chi connectivity index (χ1n) is 6.74. The molecule has 2 rings (SSSR count). The zero-order valence-electron chi connectivity index (χ0n) is 11.6. The molecule has 1 N–H and O–H groups in total. The van der Waals surface area contributed by atoms with Gasteiger partial charge in [0.15, 0.2) is 0 Å². The average Bonchev–Trinajstić information content (AvgIpc) is 2.72. The molecule has 100 valence electrons. The maximum Gasteiger partial charge on any atom is 0.225 e. The SMILES string of the molecule is Cc1cc(C)nc(N(C)CCC2(O)CCCC2)n1. The molecule has 0 atom stereocenters. The Bertz CT molecular complexity index is 393. The largest absolute Gasteiger partial charge is 0.390 e. The number of aliphatic hydroxyl groups is 1. The number of nitrogens with zero attached hydrogens (tertiary/aromatic N) is 3. The second-order valence-corrected chi connectivity index (χ2v) is 5.55. The first-order valence-corrected chi connectivity index (χ1v) is 6.74. The Labute approximate surface area is 109 Å². The van der Waals surface area contributed by atoms with E-state index in [1.807, 2.05) is 31.9 Å². The third-order valence-electron chi connectivity index (χ3n) is 3.76. The van der Waals surface area contributed by atoms with Crippen molar-refractivity contribution in [3.63, 3.8) is 0 Å². The lowest BCUT2D eigenvalue weighted by Crippen LogP contribution is -2.32. The molecule has 1 aromatic heterocycles. The van der Waals surface area contributed by atoms with Crippen LogP contribution in [-0.4, -0.2) is 34.3 Å². The highest BCUT2D eigenvalue weighted by Gasteiger charge is 2.30. The van der Waals surface area contributed by atoms with Crippen LogP contribution in [0.2, 0.25) is 0 Å². The van der Waals surface area contributed by atoms with Crippen LogP contribution in [0.5, 0.6) is 0 Å². The zero-order valence-corrected chi connectivity index (χ0v) is 11.6. The minimum Gasteiger partial charge on any atom is -0.390 e. The van der Waals surface area contributed by atoms with Crippen LogP contribution in [0.3, 0.4) is 0 Å². The lowest BCUT2D eigenvalue weighted by Gasteiger charge is -2.26. The molecule has 0 amide bonds. The standard InChI is InChI=1S/C14H23N3O/c1-11-10-12(2)16-13(15-11)17(3)9-8-14(18)6-4-5-7-14/h10,18H,4-9H2,1-3H3. The van der Waals surface area contributed by atoms with Crippen LogP contribution in [0.25, 0.3) is 0 Å². The maximum atomic E-state index is 10.3. The second-order valence-electron chi connectivity index (χ2n) is 5.55. The van der Waals surface area contributed by atoms with E-state index in [1.165, 1.54) is 0 Å². The van der Waals surface area contributed by atoms with Crippen LogP contribution < -0.4 is 4.90 Å². The van der Waals surface area contributed by atoms with Crippen molar-refractivity contribution in [1.29, 1.82) is 0 Å². The van der Waals surface area contributed by atoms with E-state index in [-0.39, 0.29) is 0 Å². The Morgan fingerprint density at radius 2 is 1.78 bits per heavy atom. The molecular weight excluding hydrogens is 226 g/mol. The van der Waals surface area contributed by atoms with Gasteiger partial charge in [-0.2, -0.15) is 0 Å². The molecule has 4 heteroatoms. The fourth-order valence-corrected chi connectivity index (χ4v) is 2.64. The van der Waals surface area contributed by atoms with E-state index in [0.717, 1.165) is 56.0 Å². The molecule has 0 spiro atoms. The van der Waals surface area contributed by atoms with Crippen molar-refractivity contribution in [1.82, 2.24) is 9.97 Å². The molecule has 0 aromatic carbocycles. The third-order valence-corrected chi connectivity index (χ3v) is 3.76. The van der Waals surface area contributed by atoms with E-state index in [2.05, 4.69) is 9.97 Å². The monoisotopic (exact) mass is 249 g/mol. The molecule has 4 nitrogen and oxygen atoms in total. The number of aromatic nitrogens is 2. The highest BCUT2D eigenvalue weighted by Crippen LogP contribution is 2.32. The summed E-state index contributed by atoms with van der Waals surface area (Å²) in [6.45, 7) is 4.77. The molecule has 1 saturated carbocycles. The van der Waals surface area contributed by atoms with Gasteiger partial charge in [-0.25, -0.2) is 9.97 Å². The smallest absolute Gasteiger partial charge is 0.225 e. The maximum absolute atomic E-state index is 10.3. The molecule has 1 aliphatic rings. The van der Waals surface area contributed by atoms with Crippen LogP contribution in [0.4, 0.5) is 5.95 Å². The molecule has 1 fully saturated rings. The zero-order chi connectivity index (χ0) is 13.2. The molecule has 1 aromatic rings. The average molecular weight is 249 g/mol. The quantitative estimate of drug-likeness (QED) is 0.889.